The molecule has 0 saturated carbocycles. The summed E-state index contributed by atoms with van der Waals surface area (Å²) >= 11 is 0. The van der Waals surface area contributed by atoms with E-state index >= 15 is 0 Å². The van der Waals surface area contributed by atoms with Gasteiger partial charge in [0.1, 0.15) is 5.69 Å². The monoisotopic (exact) mass is 242 g/mol. The lowest BCUT2D eigenvalue weighted by molar-refractivity contribution is 0.0514. The van der Waals surface area contributed by atoms with Crippen LogP contribution in [0.4, 0.5) is 0 Å². The molecule has 0 radical (unpaired) electrons. The second-order valence-electron chi connectivity index (χ2n) is 3.87. The van der Waals surface area contributed by atoms with Crippen LogP contribution in [0.15, 0.2) is 30.3 Å². The molecule has 4 nitrogen and oxygen atoms in total. The Bertz CT molecular complexity index is 608. The Labute approximate surface area is 105 Å². The number of nitrogens with zero attached hydrogens (tertiary/aromatic N) is 2. The predicted molar refractivity (Wildman–Crippen MR) is 68.1 cm³/mol. The van der Waals surface area contributed by atoms with E-state index in [0.717, 1.165) is 10.9 Å². The highest BCUT2D eigenvalue weighted by Gasteiger charge is 2.15. The topological polar surface area (TPSA) is 55.0 Å². The molecule has 2 rings (SSSR count). The Hall–Kier alpha value is -2.28. The third-order valence-corrected chi connectivity index (χ3v) is 2.74. The number of aromatic nitrogens is 1. The summed E-state index contributed by atoms with van der Waals surface area (Å²) in [7, 11) is 0. The fourth-order valence-electron chi connectivity index (χ4n) is 1.99. The van der Waals surface area contributed by atoms with E-state index in [2.05, 4.69) is 6.07 Å². The lowest BCUT2D eigenvalue weighted by atomic mass is 10.2. The predicted octanol–water partition coefficient (Wildman–Crippen LogP) is 2.73. The van der Waals surface area contributed by atoms with Crippen molar-refractivity contribution in [2.75, 3.05) is 6.61 Å². The number of ether oxygens (including phenoxy) is 1. The van der Waals surface area contributed by atoms with Crippen molar-refractivity contribution < 1.29 is 9.53 Å². The first-order valence-corrected chi connectivity index (χ1v) is 5.90. The summed E-state index contributed by atoms with van der Waals surface area (Å²) in [6.07, 6.45) is 0.366. The first kappa shape index (κ1) is 12.2. The molecule has 2 aromatic rings. The molecule has 0 aliphatic heterocycles. The van der Waals surface area contributed by atoms with Crippen LogP contribution >= 0.6 is 0 Å². The highest BCUT2D eigenvalue weighted by Crippen LogP contribution is 2.20. The van der Waals surface area contributed by atoms with Crippen molar-refractivity contribution in [3.63, 3.8) is 0 Å². The van der Waals surface area contributed by atoms with Crippen molar-refractivity contribution in [3.05, 3.63) is 36.0 Å². The van der Waals surface area contributed by atoms with Gasteiger partial charge in [-0.2, -0.15) is 5.26 Å². The largest absolute Gasteiger partial charge is 0.461 e. The third kappa shape index (κ3) is 2.21. The van der Waals surface area contributed by atoms with Crippen LogP contribution in [0.25, 0.3) is 10.9 Å². The Morgan fingerprint density at radius 3 is 2.94 bits per heavy atom. The van der Waals surface area contributed by atoms with Crippen LogP contribution in [0, 0.1) is 11.3 Å². The highest BCUT2D eigenvalue weighted by molar-refractivity contribution is 5.95. The summed E-state index contributed by atoms with van der Waals surface area (Å²) in [4.78, 5) is 11.9. The summed E-state index contributed by atoms with van der Waals surface area (Å²) in [5.41, 5.74) is 1.46. The van der Waals surface area contributed by atoms with Gasteiger partial charge in [-0.15, -0.1) is 0 Å². The molecule has 0 N–H and O–H groups in total. The van der Waals surface area contributed by atoms with Crippen molar-refractivity contribution in [2.24, 2.45) is 0 Å². The maximum atomic E-state index is 11.9. The normalized spacial score (nSPS) is 10.2. The molecule has 0 atom stereocenters. The summed E-state index contributed by atoms with van der Waals surface area (Å²) < 4.78 is 6.88. The number of benzene rings is 1. The summed E-state index contributed by atoms with van der Waals surface area (Å²) in [6.45, 7) is 2.62. The van der Waals surface area contributed by atoms with Crippen LogP contribution in [-0.4, -0.2) is 17.1 Å². The Morgan fingerprint density at radius 2 is 2.22 bits per heavy atom. The summed E-state index contributed by atoms with van der Waals surface area (Å²) in [6, 6.07) is 11.6. The number of aryl methyl sites for hydroxylation is 1. The standard InChI is InChI=1S/C14H14N2O2/c1-2-18-14(17)13-10-11-6-3-4-7-12(11)16(13)9-5-8-15/h3-4,6-7,10H,2,5,9H2,1H3. The molecule has 1 aromatic heterocycles. The van der Waals surface area contributed by atoms with E-state index in [1.807, 2.05) is 34.9 Å². The van der Waals surface area contributed by atoms with E-state index in [0.29, 0.717) is 25.3 Å². The van der Waals surface area contributed by atoms with Gasteiger partial charge in [0.15, 0.2) is 0 Å². The molecule has 0 saturated heterocycles. The molecule has 92 valence electrons. The number of para-hydroxylation sites is 1. The SMILES string of the molecule is CCOC(=O)c1cc2ccccc2n1CCC#N. The van der Waals surface area contributed by atoms with E-state index in [1.165, 1.54) is 0 Å². The van der Waals surface area contributed by atoms with E-state index in [9.17, 15) is 4.79 Å². The third-order valence-electron chi connectivity index (χ3n) is 2.74. The van der Waals surface area contributed by atoms with Crippen LogP contribution in [0.1, 0.15) is 23.8 Å². The van der Waals surface area contributed by atoms with Crippen molar-refractivity contribution in [2.45, 2.75) is 19.9 Å². The number of carbonyl (C=O) groups excluding carboxylic acids is 1. The minimum absolute atomic E-state index is 0.341. The van der Waals surface area contributed by atoms with Gasteiger partial charge in [-0.3, -0.25) is 0 Å². The van der Waals surface area contributed by atoms with Crippen molar-refractivity contribution in [1.29, 1.82) is 5.26 Å². The Balaban J connectivity index is 2.50. The lowest BCUT2D eigenvalue weighted by Gasteiger charge is -2.07. The molecule has 18 heavy (non-hydrogen) atoms. The van der Waals surface area contributed by atoms with E-state index < -0.39 is 0 Å². The number of hydrogen-bond donors (Lipinski definition) is 0. The first-order chi connectivity index (χ1) is 8.77. The Kier molecular flexibility index (Phi) is 3.63. The van der Waals surface area contributed by atoms with Gasteiger partial charge in [0.05, 0.1) is 19.1 Å². The van der Waals surface area contributed by atoms with Crippen LogP contribution in [0.5, 0.6) is 0 Å². The molecule has 0 amide bonds. The minimum atomic E-state index is -0.341. The van der Waals surface area contributed by atoms with Gasteiger partial charge in [-0.1, -0.05) is 18.2 Å². The highest BCUT2D eigenvalue weighted by atomic mass is 16.5. The average Bonchev–Trinajstić information content (AvgIpc) is 2.75. The smallest absolute Gasteiger partial charge is 0.354 e. The second-order valence-corrected chi connectivity index (χ2v) is 3.87. The van der Waals surface area contributed by atoms with Gasteiger partial charge in [0, 0.05) is 17.4 Å². The lowest BCUT2D eigenvalue weighted by Crippen LogP contribution is -2.12. The fraction of sp³-hybridized carbons (Fsp3) is 0.286. The second kappa shape index (κ2) is 5.37. The summed E-state index contributed by atoms with van der Waals surface area (Å²) in [5, 5.41) is 9.68. The molecule has 0 unspecified atom stereocenters. The van der Waals surface area contributed by atoms with Gasteiger partial charge >= 0.3 is 5.97 Å². The number of rotatable bonds is 4. The molecule has 0 aliphatic rings. The zero-order valence-corrected chi connectivity index (χ0v) is 10.2. The number of carbonyl (C=O) groups is 1. The molecule has 0 fully saturated rings. The number of fused-ring (bicyclic) bond motifs is 1. The fourth-order valence-corrected chi connectivity index (χ4v) is 1.99. The van der Waals surface area contributed by atoms with Crippen LogP contribution in [0.2, 0.25) is 0 Å². The molecular formula is C14H14N2O2. The van der Waals surface area contributed by atoms with E-state index in [1.54, 1.807) is 6.92 Å². The van der Waals surface area contributed by atoms with Gasteiger partial charge in [-0.05, 0) is 19.1 Å². The molecule has 4 heteroatoms. The molecule has 0 bridgehead atoms. The van der Waals surface area contributed by atoms with Crippen LogP contribution in [0.3, 0.4) is 0 Å². The number of hydrogen-bond acceptors (Lipinski definition) is 3. The van der Waals surface area contributed by atoms with Gasteiger partial charge < -0.3 is 9.30 Å². The zero-order chi connectivity index (χ0) is 13.0. The van der Waals surface area contributed by atoms with Crippen molar-refractivity contribution >= 4 is 16.9 Å². The molecule has 1 aromatic carbocycles. The zero-order valence-electron chi connectivity index (χ0n) is 10.2. The van der Waals surface area contributed by atoms with Crippen LogP contribution in [-0.2, 0) is 11.3 Å². The molecule has 0 aliphatic carbocycles. The van der Waals surface area contributed by atoms with Gasteiger partial charge in [-0.25, -0.2) is 4.79 Å². The first-order valence-electron chi connectivity index (χ1n) is 5.90. The number of esters is 1. The van der Waals surface area contributed by atoms with Crippen molar-refractivity contribution in [1.82, 2.24) is 4.57 Å². The molecular weight excluding hydrogens is 228 g/mol. The van der Waals surface area contributed by atoms with Crippen LogP contribution < -0.4 is 0 Å². The van der Waals surface area contributed by atoms with Gasteiger partial charge in [0.2, 0.25) is 0 Å². The quantitative estimate of drug-likeness (QED) is 0.774. The Morgan fingerprint density at radius 1 is 1.44 bits per heavy atom. The average molecular weight is 242 g/mol. The van der Waals surface area contributed by atoms with E-state index in [4.69, 9.17) is 10.00 Å². The van der Waals surface area contributed by atoms with Gasteiger partial charge in [0.25, 0.3) is 0 Å². The maximum Gasteiger partial charge on any atom is 0.354 e. The number of nitriles is 1. The maximum absolute atomic E-state index is 11.9. The minimum Gasteiger partial charge on any atom is -0.461 e. The molecule has 1 heterocycles. The van der Waals surface area contributed by atoms with Crippen molar-refractivity contribution in [3.8, 4) is 6.07 Å². The molecule has 0 spiro atoms. The summed E-state index contributed by atoms with van der Waals surface area (Å²) in [5.74, 6) is -0.341. The van der Waals surface area contributed by atoms with E-state index in [-0.39, 0.29) is 5.97 Å².